The van der Waals surface area contributed by atoms with Crippen LogP contribution in [0, 0.1) is 0 Å². The van der Waals surface area contributed by atoms with Gasteiger partial charge in [-0.1, -0.05) is 30.3 Å². The van der Waals surface area contributed by atoms with Crippen molar-refractivity contribution in [1.29, 1.82) is 0 Å². The van der Waals surface area contributed by atoms with E-state index in [1.165, 1.54) is 0 Å². The van der Waals surface area contributed by atoms with E-state index >= 15 is 0 Å². The molecule has 2 nitrogen and oxygen atoms in total. The van der Waals surface area contributed by atoms with E-state index in [0.29, 0.717) is 5.56 Å². The van der Waals surface area contributed by atoms with Crippen molar-refractivity contribution < 1.29 is 9.22 Å². The van der Waals surface area contributed by atoms with Gasteiger partial charge in [0, 0.05) is 10.2 Å². The first-order valence-corrected chi connectivity index (χ1v) is 3.91. The molecule has 0 aliphatic carbocycles. The van der Waals surface area contributed by atoms with Gasteiger partial charge in [-0.15, -0.1) is 12.4 Å². The Morgan fingerprint density at radius 2 is 2.00 bits per heavy atom. The van der Waals surface area contributed by atoms with E-state index in [-0.39, 0.29) is 12.4 Å². The highest BCUT2D eigenvalue weighted by atomic mass is 35.5. The van der Waals surface area contributed by atoms with Crippen LogP contribution >= 0.6 is 12.4 Å². The summed E-state index contributed by atoms with van der Waals surface area (Å²) >= 11 is 0. The van der Waals surface area contributed by atoms with Crippen LogP contribution < -0.4 is 5.32 Å². The highest BCUT2D eigenvalue weighted by Gasteiger charge is 2.12. The quantitative estimate of drug-likeness (QED) is 0.787. The highest BCUT2D eigenvalue weighted by molar-refractivity contribution is 5.85. The van der Waals surface area contributed by atoms with Crippen LogP contribution in [0.5, 0.6) is 0 Å². The molecule has 0 bridgehead atoms. The van der Waals surface area contributed by atoms with Gasteiger partial charge in [0.1, 0.15) is 0 Å². The van der Waals surface area contributed by atoms with Crippen LogP contribution in [0.15, 0.2) is 30.3 Å². The van der Waals surface area contributed by atoms with Crippen molar-refractivity contribution in [3.05, 3.63) is 35.9 Å². The summed E-state index contributed by atoms with van der Waals surface area (Å²) in [7, 11) is 0. The zero-order valence-corrected chi connectivity index (χ0v) is 8.21. The van der Waals surface area contributed by atoms with E-state index in [1.54, 1.807) is 31.2 Å². The number of hydrogen-bond donors (Lipinski definition) is 2. The molecule has 0 amide bonds. The Balaban J connectivity index is 0.00000225. The summed E-state index contributed by atoms with van der Waals surface area (Å²) in [6.07, 6.45) is -0.813. The SMILES string of the molecule is Cl.[2H]C([2H])([2H])N[C@@H](C)[C@H](O)c1ccccc1. The van der Waals surface area contributed by atoms with Crippen molar-refractivity contribution >= 4 is 12.4 Å². The van der Waals surface area contributed by atoms with Gasteiger partial charge in [-0.2, -0.15) is 0 Å². The summed E-state index contributed by atoms with van der Waals surface area (Å²) in [6.45, 7) is -0.584. The molecule has 2 atom stereocenters. The van der Waals surface area contributed by atoms with Crippen LogP contribution in [0.4, 0.5) is 0 Å². The second-order valence-corrected chi connectivity index (χ2v) is 2.79. The normalized spacial score (nSPS) is 18.8. The maximum atomic E-state index is 9.84. The van der Waals surface area contributed by atoms with E-state index < -0.39 is 19.1 Å². The Morgan fingerprint density at radius 1 is 1.38 bits per heavy atom. The average molecular weight is 205 g/mol. The van der Waals surface area contributed by atoms with Gasteiger partial charge in [-0.05, 0) is 19.5 Å². The number of aliphatic hydroxyl groups excluding tert-OH is 1. The minimum Gasteiger partial charge on any atom is -0.387 e. The lowest BCUT2D eigenvalue weighted by Crippen LogP contribution is -2.28. The standard InChI is InChI=1S/C10H15NO.ClH/c1-8(11-2)10(12)9-6-4-3-5-7-9;/h3-8,10-12H,1-2H3;1H/t8-,10-;/m0./s1/i2D3;. The number of rotatable bonds is 3. The number of nitrogens with one attached hydrogen (secondary N) is 1. The lowest BCUT2D eigenvalue weighted by atomic mass is 10.0. The molecule has 74 valence electrons. The Morgan fingerprint density at radius 3 is 2.54 bits per heavy atom. The average Bonchev–Trinajstić information content (AvgIpc) is 2.15. The highest BCUT2D eigenvalue weighted by Crippen LogP contribution is 2.15. The third kappa shape index (κ3) is 3.35. The number of aliphatic hydroxyl groups is 1. The van der Waals surface area contributed by atoms with E-state index in [4.69, 9.17) is 4.11 Å². The van der Waals surface area contributed by atoms with Gasteiger partial charge < -0.3 is 10.4 Å². The smallest absolute Gasteiger partial charge is 0.0940 e. The van der Waals surface area contributed by atoms with Crippen molar-refractivity contribution in [2.24, 2.45) is 0 Å². The molecule has 1 aromatic rings. The molecule has 0 heterocycles. The van der Waals surface area contributed by atoms with E-state index in [9.17, 15) is 5.11 Å². The minimum atomic E-state index is -2.23. The molecular formula is C10H16ClNO. The Hall–Kier alpha value is -0.570. The third-order valence-electron chi connectivity index (χ3n) is 1.84. The fourth-order valence-corrected chi connectivity index (χ4v) is 1.02. The summed E-state index contributed by atoms with van der Waals surface area (Å²) < 4.78 is 21.1. The molecule has 0 aliphatic rings. The molecule has 0 saturated carbocycles. The lowest BCUT2D eigenvalue weighted by Gasteiger charge is -2.17. The van der Waals surface area contributed by atoms with Crippen LogP contribution in [0.3, 0.4) is 0 Å². The summed E-state index contributed by atoms with van der Waals surface area (Å²) in [5.74, 6) is 0. The van der Waals surface area contributed by atoms with E-state index in [1.807, 2.05) is 6.07 Å². The summed E-state index contributed by atoms with van der Waals surface area (Å²) in [4.78, 5) is 0. The largest absolute Gasteiger partial charge is 0.387 e. The van der Waals surface area contributed by atoms with Gasteiger partial charge in [-0.3, -0.25) is 0 Å². The summed E-state index contributed by atoms with van der Waals surface area (Å²) in [5, 5.41) is 12.2. The molecule has 0 aromatic heterocycles. The molecule has 0 saturated heterocycles. The topological polar surface area (TPSA) is 32.3 Å². The second kappa shape index (κ2) is 5.97. The molecular weight excluding hydrogens is 186 g/mol. The fourth-order valence-electron chi connectivity index (χ4n) is 1.02. The number of hydrogen-bond acceptors (Lipinski definition) is 2. The number of benzene rings is 1. The predicted octanol–water partition coefficient (Wildman–Crippen LogP) is 1.75. The first-order valence-electron chi connectivity index (χ1n) is 5.41. The van der Waals surface area contributed by atoms with Gasteiger partial charge in [0.05, 0.1) is 6.10 Å². The van der Waals surface area contributed by atoms with Crippen LogP contribution in [-0.2, 0) is 0 Å². The Kier molecular flexibility index (Phi) is 3.58. The molecule has 13 heavy (non-hydrogen) atoms. The molecule has 0 radical (unpaired) electrons. The van der Waals surface area contributed by atoms with Gasteiger partial charge in [0.15, 0.2) is 0 Å². The number of halogens is 1. The summed E-state index contributed by atoms with van der Waals surface area (Å²) in [6, 6.07) is 8.48. The minimum absolute atomic E-state index is 0. The zero-order chi connectivity index (χ0) is 11.5. The fraction of sp³-hybridized carbons (Fsp3) is 0.400. The molecule has 0 aliphatic heterocycles. The molecule has 1 aromatic carbocycles. The Labute approximate surface area is 89.6 Å². The van der Waals surface area contributed by atoms with Crippen molar-refractivity contribution in [3.63, 3.8) is 0 Å². The molecule has 0 spiro atoms. The van der Waals surface area contributed by atoms with Crippen molar-refractivity contribution in [3.8, 4) is 0 Å². The van der Waals surface area contributed by atoms with Crippen LogP contribution in [0.25, 0.3) is 0 Å². The van der Waals surface area contributed by atoms with E-state index in [0.717, 1.165) is 0 Å². The first kappa shape index (κ1) is 7.80. The van der Waals surface area contributed by atoms with Crippen molar-refractivity contribution in [2.45, 2.75) is 19.1 Å². The van der Waals surface area contributed by atoms with Gasteiger partial charge >= 0.3 is 0 Å². The third-order valence-corrected chi connectivity index (χ3v) is 1.84. The van der Waals surface area contributed by atoms with Crippen molar-refractivity contribution in [2.75, 3.05) is 6.98 Å². The molecule has 0 unspecified atom stereocenters. The maximum Gasteiger partial charge on any atom is 0.0940 e. The van der Waals surface area contributed by atoms with Gasteiger partial charge in [-0.25, -0.2) is 0 Å². The van der Waals surface area contributed by atoms with E-state index in [2.05, 4.69) is 5.32 Å². The summed E-state index contributed by atoms with van der Waals surface area (Å²) in [5.41, 5.74) is 0.710. The molecule has 3 heteroatoms. The molecule has 2 N–H and O–H groups in total. The molecule has 1 rings (SSSR count). The van der Waals surface area contributed by atoms with Crippen LogP contribution in [0.1, 0.15) is 22.7 Å². The van der Waals surface area contributed by atoms with Gasteiger partial charge in [0.25, 0.3) is 0 Å². The zero-order valence-electron chi connectivity index (χ0n) is 10.4. The van der Waals surface area contributed by atoms with Crippen LogP contribution in [0.2, 0.25) is 0 Å². The lowest BCUT2D eigenvalue weighted by molar-refractivity contribution is 0.140. The van der Waals surface area contributed by atoms with Crippen LogP contribution in [-0.4, -0.2) is 18.1 Å². The Bertz CT molecular complexity index is 305. The van der Waals surface area contributed by atoms with Crippen molar-refractivity contribution in [1.82, 2.24) is 5.32 Å². The number of likely N-dealkylation sites (N-methyl/N-ethyl adjacent to an activating group) is 1. The first-order chi connectivity index (χ1) is 6.90. The molecule has 0 fully saturated rings. The second-order valence-electron chi connectivity index (χ2n) is 2.79. The predicted molar refractivity (Wildman–Crippen MR) is 57.2 cm³/mol. The monoisotopic (exact) mass is 204 g/mol. The van der Waals surface area contributed by atoms with Gasteiger partial charge in [0.2, 0.25) is 0 Å². The maximum absolute atomic E-state index is 9.84.